The molecule has 2 N–H and O–H groups in total. The summed E-state index contributed by atoms with van der Waals surface area (Å²) < 4.78 is 13.0. The number of rotatable bonds is 6. The predicted octanol–water partition coefficient (Wildman–Crippen LogP) is 4.77. The quantitative estimate of drug-likeness (QED) is 0.616. The predicted molar refractivity (Wildman–Crippen MR) is 108 cm³/mol. The van der Waals surface area contributed by atoms with Gasteiger partial charge < -0.3 is 10.6 Å². The van der Waals surface area contributed by atoms with E-state index in [2.05, 4.69) is 34.9 Å². The molecular formula is C22H21FN2S. The number of halogens is 1. The number of hydrogen-bond acceptors (Lipinski definition) is 1. The Bertz CT molecular complexity index is 820. The van der Waals surface area contributed by atoms with E-state index >= 15 is 0 Å². The van der Waals surface area contributed by atoms with Gasteiger partial charge in [0.25, 0.3) is 0 Å². The van der Waals surface area contributed by atoms with E-state index in [1.54, 1.807) is 12.1 Å². The second-order valence-corrected chi connectivity index (χ2v) is 6.51. The topological polar surface area (TPSA) is 24.1 Å². The van der Waals surface area contributed by atoms with Gasteiger partial charge >= 0.3 is 0 Å². The molecule has 1 atom stereocenters. The van der Waals surface area contributed by atoms with Crippen LogP contribution in [0.25, 0.3) is 0 Å². The fourth-order valence-corrected chi connectivity index (χ4v) is 3.00. The monoisotopic (exact) mass is 364 g/mol. The van der Waals surface area contributed by atoms with E-state index < -0.39 is 0 Å². The molecular weight excluding hydrogens is 343 g/mol. The average Bonchev–Trinajstić information content (AvgIpc) is 2.68. The Morgan fingerprint density at radius 3 is 2.08 bits per heavy atom. The Morgan fingerprint density at radius 1 is 0.808 bits per heavy atom. The molecule has 0 saturated carbocycles. The molecule has 3 rings (SSSR count). The fraction of sp³-hybridized carbons (Fsp3) is 0.136. The van der Waals surface area contributed by atoms with E-state index in [0.717, 1.165) is 12.0 Å². The average molecular weight is 364 g/mol. The van der Waals surface area contributed by atoms with Crippen LogP contribution in [0.15, 0.2) is 84.9 Å². The number of hydrogen-bond donors (Lipinski definition) is 2. The lowest BCUT2D eigenvalue weighted by molar-refractivity contribution is 0.625. The zero-order valence-electron chi connectivity index (χ0n) is 14.4. The molecule has 26 heavy (non-hydrogen) atoms. The smallest absolute Gasteiger partial charge is 0.167 e. The van der Waals surface area contributed by atoms with E-state index in [0.29, 0.717) is 11.7 Å². The van der Waals surface area contributed by atoms with Gasteiger partial charge in [-0.25, -0.2) is 4.39 Å². The van der Waals surface area contributed by atoms with Gasteiger partial charge in [0.1, 0.15) is 5.82 Å². The summed E-state index contributed by atoms with van der Waals surface area (Å²) >= 11 is 5.48. The van der Waals surface area contributed by atoms with Crippen molar-refractivity contribution >= 4 is 17.3 Å². The first kappa shape index (κ1) is 18.1. The zero-order chi connectivity index (χ0) is 18.2. The third-order valence-electron chi connectivity index (χ3n) is 4.16. The molecule has 0 saturated heterocycles. The molecule has 3 aromatic rings. The molecule has 0 spiro atoms. The van der Waals surface area contributed by atoms with Crippen LogP contribution in [0, 0.1) is 5.82 Å². The summed E-state index contributed by atoms with van der Waals surface area (Å²) in [5.74, 6) is -0.235. The third-order valence-corrected chi connectivity index (χ3v) is 4.42. The van der Waals surface area contributed by atoms with Crippen molar-refractivity contribution in [3.63, 3.8) is 0 Å². The molecule has 3 aromatic carbocycles. The summed E-state index contributed by atoms with van der Waals surface area (Å²) in [6.07, 6.45) is 0.837. The lowest BCUT2D eigenvalue weighted by Crippen LogP contribution is -2.38. The van der Waals surface area contributed by atoms with Crippen molar-refractivity contribution in [3.05, 3.63) is 107 Å². The van der Waals surface area contributed by atoms with E-state index in [4.69, 9.17) is 12.2 Å². The van der Waals surface area contributed by atoms with Gasteiger partial charge in [-0.3, -0.25) is 0 Å². The van der Waals surface area contributed by atoms with Crippen LogP contribution in [0.5, 0.6) is 0 Å². The maximum Gasteiger partial charge on any atom is 0.167 e. The van der Waals surface area contributed by atoms with Crippen molar-refractivity contribution in [3.8, 4) is 0 Å². The molecule has 0 aliphatic heterocycles. The number of thiocarbonyl (C=S) groups is 1. The van der Waals surface area contributed by atoms with Crippen LogP contribution in [-0.2, 0) is 13.0 Å². The summed E-state index contributed by atoms with van der Waals surface area (Å²) in [5.41, 5.74) is 3.41. The highest BCUT2D eigenvalue weighted by Crippen LogP contribution is 2.18. The molecule has 132 valence electrons. The Kier molecular flexibility index (Phi) is 6.34. The largest absolute Gasteiger partial charge is 0.359 e. The van der Waals surface area contributed by atoms with Crippen molar-refractivity contribution in [1.29, 1.82) is 0 Å². The highest BCUT2D eigenvalue weighted by Gasteiger charge is 2.13. The van der Waals surface area contributed by atoms with E-state index in [-0.39, 0.29) is 11.9 Å². The minimum Gasteiger partial charge on any atom is -0.359 e. The lowest BCUT2D eigenvalue weighted by Gasteiger charge is -2.22. The van der Waals surface area contributed by atoms with Crippen LogP contribution < -0.4 is 10.6 Å². The maximum atomic E-state index is 13.0. The summed E-state index contributed by atoms with van der Waals surface area (Å²) in [5, 5.41) is 7.19. The van der Waals surface area contributed by atoms with Crippen LogP contribution in [0.1, 0.15) is 22.7 Å². The second kappa shape index (κ2) is 9.11. The SMILES string of the molecule is Fc1ccc(CNC(=S)N[C@@H](Cc2ccccc2)c2ccccc2)cc1. The minimum atomic E-state index is -0.235. The summed E-state index contributed by atoms with van der Waals surface area (Å²) in [6, 6.07) is 27.1. The molecule has 0 unspecified atom stereocenters. The van der Waals surface area contributed by atoms with Crippen LogP contribution >= 0.6 is 12.2 Å². The van der Waals surface area contributed by atoms with Gasteiger partial charge in [0.2, 0.25) is 0 Å². The van der Waals surface area contributed by atoms with Gasteiger partial charge in [-0.15, -0.1) is 0 Å². The van der Waals surface area contributed by atoms with Crippen LogP contribution in [0.4, 0.5) is 4.39 Å². The van der Waals surface area contributed by atoms with Gasteiger partial charge in [0.15, 0.2) is 5.11 Å². The third kappa shape index (κ3) is 5.39. The molecule has 0 amide bonds. The van der Waals surface area contributed by atoms with Gasteiger partial charge in [-0.05, 0) is 47.5 Å². The Labute approximate surface area is 159 Å². The van der Waals surface area contributed by atoms with Crippen molar-refractivity contribution in [2.75, 3.05) is 0 Å². The Balaban J connectivity index is 1.64. The molecule has 2 nitrogen and oxygen atoms in total. The summed E-state index contributed by atoms with van der Waals surface area (Å²) in [6.45, 7) is 0.555. The van der Waals surface area contributed by atoms with Crippen molar-refractivity contribution in [2.45, 2.75) is 19.0 Å². The number of benzene rings is 3. The number of nitrogens with one attached hydrogen (secondary N) is 2. The first-order valence-corrected chi connectivity index (χ1v) is 8.99. The highest BCUT2D eigenvalue weighted by molar-refractivity contribution is 7.80. The van der Waals surface area contributed by atoms with Gasteiger partial charge in [-0.2, -0.15) is 0 Å². The second-order valence-electron chi connectivity index (χ2n) is 6.11. The molecule has 0 aromatic heterocycles. The maximum absolute atomic E-state index is 13.0. The standard InChI is InChI=1S/C22H21FN2S/c23-20-13-11-18(12-14-20)16-24-22(26)25-21(19-9-5-2-6-10-19)15-17-7-3-1-4-8-17/h1-14,21H,15-16H2,(H2,24,25,26)/t21-/m0/s1. The summed E-state index contributed by atoms with van der Waals surface area (Å²) in [7, 11) is 0. The molecule has 4 heteroatoms. The normalized spacial score (nSPS) is 11.6. The first-order valence-electron chi connectivity index (χ1n) is 8.58. The molecule has 0 fully saturated rings. The molecule has 0 aliphatic carbocycles. The molecule has 0 heterocycles. The fourth-order valence-electron chi connectivity index (χ4n) is 2.78. The van der Waals surface area contributed by atoms with Crippen molar-refractivity contribution < 1.29 is 4.39 Å². The first-order chi connectivity index (χ1) is 12.7. The lowest BCUT2D eigenvalue weighted by atomic mass is 9.99. The minimum absolute atomic E-state index is 0.0758. The van der Waals surface area contributed by atoms with Gasteiger partial charge in [0.05, 0.1) is 6.04 Å². The molecule has 0 radical (unpaired) electrons. The summed E-state index contributed by atoms with van der Waals surface area (Å²) in [4.78, 5) is 0. The van der Waals surface area contributed by atoms with Gasteiger partial charge in [0, 0.05) is 6.54 Å². The Hall–Kier alpha value is -2.72. The van der Waals surface area contributed by atoms with Crippen LogP contribution in [-0.4, -0.2) is 5.11 Å². The van der Waals surface area contributed by atoms with E-state index in [1.807, 2.05) is 36.4 Å². The van der Waals surface area contributed by atoms with E-state index in [9.17, 15) is 4.39 Å². The molecule has 0 bridgehead atoms. The van der Waals surface area contributed by atoms with Crippen molar-refractivity contribution in [2.24, 2.45) is 0 Å². The van der Waals surface area contributed by atoms with Crippen LogP contribution in [0.3, 0.4) is 0 Å². The highest BCUT2D eigenvalue weighted by atomic mass is 32.1. The molecule has 0 aliphatic rings. The van der Waals surface area contributed by atoms with E-state index in [1.165, 1.54) is 23.3 Å². The van der Waals surface area contributed by atoms with Gasteiger partial charge in [-0.1, -0.05) is 72.8 Å². The zero-order valence-corrected chi connectivity index (χ0v) is 15.2. The van der Waals surface area contributed by atoms with Crippen molar-refractivity contribution in [1.82, 2.24) is 10.6 Å². The Morgan fingerprint density at radius 2 is 1.42 bits per heavy atom. The van der Waals surface area contributed by atoms with Crippen LogP contribution in [0.2, 0.25) is 0 Å².